The van der Waals surface area contributed by atoms with E-state index in [0.29, 0.717) is 5.82 Å². The van der Waals surface area contributed by atoms with Gasteiger partial charge in [-0.25, -0.2) is 13.8 Å². The van der Waals surface area contributed by atoms with E-state index in [1.807, 2.05) is 11.5 Å². The van der Waals surface area contributed by atoms with Gasteiger partial charge in [-0.1, -0.05) is 6.07 Å². The molecule has 1 amide bonds. The first-order chi connectivity index (χ1) is 11.5. The molecule has 0 bridgehead atoms. The van der Waals surface area contributed by atoms with Gasteiger partial charge < -0.3 is 14.6 Å². The number of ether oxygens (including phenoxy) is 1. The van der Waals surface area contributed by atoms with E-state index in [4.69, 9.17) is 4.74 Å². The lowest BCUT2D eigenvalue weighted by Crippen LogP contribution is -2.29. The SMILES string of the molecule is CC(NC(=O)c1cccc(OCC(F)F)n1)c1nnc2n1CCC2. The molecule has 0 radical (unpaired) electrons. The van der Waals surface area contributed by atoms with Gasteiger partial charge in [0.2, 0.25) is 5.88 Å². The van der Waals surface area contributed by atoms with Crippen molar-refractivity contribution in [3.05, 3.63) is 35.5 Å². The highest BCUT2D eigenvalue weighted by atomic mass is 19.3. The van der Waals surface area contributed by atoms with Crippen molar-refractivity contribution in [2.24, 2.45) is 0 Å². The number of hydrogen-bond acceptors (Lipinski definition) is 5. The van der Waals surface area contributed by atoms with Crippen molar-refractivity contribution >= 4 is 5.91 Å². The van der Waals surface area contributed by atoms with Crippen LogP contribution in [0.2, 0.25) is 0 Å². The monoisotopic (exact) mass is 337 g/mol. The molecule has 1 aliphatic rings. The van der Waals surface area contributed by atoms with Gasteiger partial charge in [-0.2, -0.15) is 0 Å². The van der Waals surface area contributed by atoms with Crippen LogP contribution in [-0.2, 0) is 13.0 Å². The molecule has 0 fully saturated rings. The molecule has 7 nitrogen and oxygen atoms in total. The molecule has 3 heterocycles. The number of nitrogens with one attached hydrogen (secondary N) is 1. The van der Waals surface area contributed by atoms with E-state index < -0.39 is 18.9 Å². The highest BCUT2D eigenvalue weighted by molar-refractivity contribution is 5.92. The molecular weight excluding hydrogens is 320 g/mol. The Morgan fingerprint density at radius 3 is 3.04 bits per heavy atom. The summed E-state index contributed by atoms with van der Waals surface area (Å²) in [6, 6.07) is 4.10. The van der Waals surface area contributed by atoms with Gasteiger partial charge in [0, 0.05) is 19.0 Å². The van der Waals surface area contributed by atoms with Crippen LogP contribution in [0.4, 0.5) is 8.78 Å². The fraction of sp³-hybridized carbons (Fsp3) is 0.467. The lowest BCUT2D eigenvalue weighted by molar-refractivity contribution is 0.0792. The van der Waals surface area contributed by atoms with Crippen molar-refractivity contribution in [1.29, 1.82) is 0 Å². The minimum Gasteiger partial charge on any atom is -0.472 e. The summed E-state index contributed by atoms with van der Waals surface area (Å²) < 4.78 is 31.2. The second-order valence-corrected chi connectivity index (χ2v) is 5.49. The summed E-state index contributed by atoms with van der Waals surface area (Å²) in [7, 11) is 0. The molecule has 2 aromatic heterocycles. The number of amides is 1. The summed E-state index contributed by atoms with van der Waals surface area (Å²) in [5.41, 5.74) is 0.0924. The lowest BCUT2D eigenvalue weighted by Gasteiger charge is -2.14. The molecule has 0 aliphatic carbocycles. The van der Waals surface area contributed by atoms with E-state index in [2.05, 4.69) is 20.5 Å². The Hall–Kier alpha value is -2.58. The van der Waals surface area contributed by atoms with Gasteiger partial charge in [-0.15, -0.1) is 10.2 Å². The maximum Gasteiger partial charge on any atom is 0.272 e. The van der Waals surface area contributed by atoms with Crippen LogP contribution in [0, 0.1) is 0 Å². The quantitative estimate of drug-likeness (QED) is 0.868. The molecule has 1 aliphatic heterocycles. The van der Waals surface area contributed by atoms with Crippen molar-refractivity contribution in [2.45, 2.75) is 38.8 Å². The molecule has 128 valence electrons. The van der Waals surface area contributed by atoms with Gasteiger partial charge in [0.05, 0.1) is 6.04 Å². The third-order valence-corrected chi connectivity index (χ3v) is 3.69. The van der Waals surface area contributed by atoms with Gasteiger partial charge in [0.15, 0.2) is 12.4 Å². The third-order valence-electron chi connectivity index (χ3n) is 3.69. The molecule has 3 rings (SSSR count). The zero-order valence-electron chi connectivity index (χ0n) is 13.1. The minimum atomic E-state index is -2.60. The number of fused-ring (bicyclic) bond motifs is 1. The number of carbonyl (C=O) groups is 1. The summed E-state index contributed by atoms with van der Waals surface area (Å²) in [4.78, 5) is 16.2. The second kappa shape index (κ2) is 6.90. The Morgan fingerprint density at radius 1 is 1.42 bits per heavy atom. The third kappa shape index (κ3) is 3.50. The van der Waals surface area contributed by atoms with Gasteiger partial charge in [0.25, 0.3) is 12.3 Å². The first-order valence-corrected chi connectivity index (χ1v) is 7.65. The van der Waals surface area contributed by atoms with Crippen LogP contribution in [0.5, 0.6) is 5.88 Å². The topological polar surface area (TPSA) is 81.9 Å². The molecule has 0 spiro atoms. The average Bonchev–Trinajstić information content (AvgIpc) is 3.16. The van der Waals surface area contributed by atoms with Crippen molar-refractivity contribution in [2.75, 3.05) is 6.61 Å². The van der Waals surface area contributed by atoms with E-state index in [1.165, 1.54) is 18.2 Å². The van der Waals surface area contributed by atoms with Crippen LogP contribution >= 0.6 is 0 Å². The number of pyridine rings is 1. The molecule has 1 atom stereocenters. The largest absolute Gasteiger partial charge is 0.472 e. The zero-order chi connectivity index (χ0) is 17.1. The molecule has 9 heteroatoms. The normalized spacial score (nSPS) is 14.5. The second-order valence-electron chi connectivity index (χ2n) is 5.49. The van der Waals surface area contributed by atoms with E-state index in [0.717, 1.165) is 25.2 Å². The summed E-state index contributed by atoms with van der Waals surface area (Å²) in [6.07, 6.45) is -0.693. The van der Waals surface area contributed by atoms with Crippen molar-refractivity contribution in [3.8, 4) is 5.88 Å². The number of halogens is 2. The molecule has 2 aromatic rings. The summed E-state index contributed by atoms with van der Waals surface area (Å²) >= 11 is 0. The first-order valence-electron chi connectivity index (χ1n) is 7.65. The van der Waals surface area contributed by atoms with Crippen LogP contribution in [0.3, 0.4) is 0 Å². The van der Waals surface area contributed by atoms with Gasteiger partial charge in [-0.3, -0.25) is 4.79 Å². The molecular formula is C15H17F2N5O2. The standard InChI is InChI=1S/C15H17F2N5O2/c1-9(14-21-20-12-5-3-7-22(12)14)18-15(23)10-4-2-6-13(19-10)24-8-11(16)17/h2,4,6,9,11H,3,5,7-8H2,1H3,(H,18,23). The molecule has 24 heavy (non-hydrogen) atoms. The minimum absolute atomic E-state index is 0.0148. The maximum absolute atomic E-state index is 12.3. The summed E-state index contributed by atoms with van der Waals surface area (Å²) in [5.74, 6) is 1.17. The highest BCUT2D eigenvalue weighted by Crippen LogP contribution is 2.19. The molecule has 0 aromatic carbocycles. The van der Waals surface area contributed by atoms with Crippen LogP contribution in [-0.4, -0.2) is 38.7 Å². The number of hydrogen-bond donors (Lipinski definition) is 1. The Morgan fingerprint density at radius 2 is 2.25 bits per heavy atom. The zero-order valence-corrected chi connectivity index (χ0v) is 13.1. The number of rotatable bonds is 6. The van der Waals surface area contributed by atoms with Crippen LogP contribution in [0.1, 0.15) is 41.5 Å². The summed E-state index contributed by atoms with van der Waals surface area (Å²) in [6.45, 7) is 1.89. The van der Waals surface area contributed by atoms with Crippen molar-refractivity contribution in [3.63, 3.8) is 0 Å². The van der Waals surface area contributed by atoms with E-state index >= 15 is 0 Å². The van der Waals surface area contributed by atoms with Crippen molar-refractivity contribution in [1.82, 2.24) is 25.1 Å². The maximum atomic E-state index is 12.3. The predicted molar refractivity (Wildman–Crippen MR) is 80.0 cm³/mol. The van der Waals surface area contributed by atoms with E-state index in [9.17, 15) is 13.6 Å². The average molecular weight is 337 g/mol. The summed E-state index contributed by atoms with van der Waals surface area (Å²) in [5, 5.41) is 11.0. The number of aromatic nitrogens is 4. The number of nitrogens with zero attached hydrogens (tertiary/aromatic N) is 4. The Bertz CT molecular complexity index is 734. The Kier molecular flexibility index (Phi) is 4.68. The smallest absolute Gasteiger partial charge is 0.272 e. The van der Waals surface area contributed by atoms with Gasteiger partial charge >= 0.3 is 0 Å². The Balaban J connectivity index is 1.67. The van der Waals surface area contributed by atoms with Crippen LogP contribution < -0.4 is 10.1 Å². The van der Waals surface area contributed by atoms with Crippen LogP contribution in [0.25, 0.3) is 0 Å². The van der Waals surface area contributed by atoms with Crippen LogP contribution in [0.15, 0.2) is 18.2 Å². The number of aryl methyl sites for hydroxylation is 1. The van der Waals surface area contributed by atoms with E-state index in [-0.39, 0.29) is 17.6 Å². The van der Waals surface area contributed by atoms with E-state index in [1.54, 1.807) is 0 Å². The number of carbonyl (C=O) groups excluding carboxylic acids is 1. The molecule has 0 saturated carbocycles. The van der Waals surface area contributed by atoms with Gasteiger partial charge in [0.1, 0.15) is 11.5 Å². The highest BCUT2D eigenvalue weighted by Gasteiger charge is 2.23. The first kappa shape index (κ1) is 16.3. The number of alkyl halides is 2. The van der Waals surface area contributed by atoms with Crippen molar-refractivity contribution < 1.29 is 18.3 Å². The molecule has 1 N–H and O–H groups in total. The Labute approximate surface area is 137 Å². The van der Waals surface area contributed by atoms with Gasteiger partial charge in [-0.05, 0) is 19.4 Å². The lowest BCUT2D eigenvalue weighted by atomic mass is 10.2. The fourth-order valence-corrected chi connectivity index (χ4v) is 2.60. The molecule has 0 saturated heterocycles. The fourth-order valence-electron chi connectivity index (χ4n) is 2.60. The predicted octanol–water partition coefficient (Wildman–Crippen LogP) is 1.75. The molecule has 1 unspecified atom stereocenters.